The minimum absolute atomic E-state index is 0.128. The fraction of sp³-hybridized carbons (Fsp3) is 0.308. The normalized spacial score (nSPS) is 16.5. The maximum atomic E-state index is 6.01. The van der Waals surface area contributed by atoms with E-state index >= 15 is 0 Å². The molecule has 0 bridgehead atoms. The average Bonchev–Trinajstić information content (AvgIpc) is 3.39. The van der Waals surface area contributed by atoms with Crippen LogP contribution in [0.4, 0.5) is 0 Å². The van der Waals surface area contributed by atoms with Crippen molar-refractivity contribution >= 4 is 10.9 Å². The third kappa shape index (κ3) is 3.87. The maximum absolute atomic E-state index is 6.01. The minimum Gasteiger partial charge on any atom is -0.494 e. The second-order valence-electron chi connectivity index (χ2n) is 7.99. The largest absolute Gasteiger partial charge is 0.494 e. The molecule has 1 aliphatic rings. The SMILES string of the molecule is CCOc1ccc(C2c3[nH]c4ccccc4c3CCN2Cc2ccc(COC)o2)cc1. The molecule has 1 aliphatic heterocycles. The van der Waals surface area contributed by atoms with Crippen molar-refractivity contribution in [3.05, 3.63) is 89.0 Å². The molecule has 0 saturated carbocycles. The molecule has 0 amide bonds. The van der Waals surface area contributed by atoms with Crippen LogP contribution in [-0.2, 0) is 24.3 Å². The van der Waals surface area contributed by atoms with Crippen LogP contribution in [0.3, 0.4) is 0 Å². The Morgan fingerprint density at radius 2 is 1.84 bits per heavy atom. The molecule has 31 heavy (non-hydrogen) atoms. The van der Waals surface area contributed by atoms with E-state index in [0.29, 0.717) is 13.2 Å². The summed E-state index contributed by atoms with van der Waals surface area (Å²) in [6, 6.07) is 21.3. The lowest BCUT2D eigenvalue weighted by atomic mass is 9.92. The number of aromatic nitrogens is 1. The first kappa shape index (κ1) is 19.9. The van der Waals surface area contributed by atoms with Crippen molar-refractivity contribution in [2.75, 3.05) is 20.3 Å². The number of fused-ring (bicyclic) bond motifs is 3. The van der Waals surface area contributed by atoms with Crippen molar-refractivity contribution in [2.24, 2.45) is 0 Å². The van der Waals surface area contributed by atoms with Gasteiger partial charge in [0, 0.05) is 30.3 Å². The fourth-order valence-corrected chi connectivity index (χ4v) is 4.68. The van der Waals surface area contributed by atoms with Crippen molar-refractivity contribution in [2.45, 2.75) is 32.5 Å². The van der Waals surface area contributed by atoms with Gasteiger partial charge in [-0.15, -0.1) is 0 Å². The molecule has 0 aliphatic carbocycles. The van der Waals surface area contributed by atoms with E-state index in [1.54, 1.807) is 7.11 Å². The first-order chi connectivity index (χ1) is 15.3. The molecule has 2 aromatic heterocycles. The Hall–Kier alpha value is -3.02. The predicted molar refractivity (Wildman–Crippen MR) is 121 cm³/mol. The van der Waals surface area contributed by atoms with Gasteiger partial charge in [-0.05, 0) is 54.8 Å². The number of aromatic amines is 1. The fourth-order valence-electron chi connectivity index (χ4n) is 4.68. The van der Waals surface area contributed by atoms with Gasteiger partial charge in [-0.25, -0.2) is 0 Å². The number of ether oxygens (including phenoxy) is 2. The molecular weight excluding hydrogens is 388 g/mol. The Bertz CT molecular complexity index is 1160. The van der Waals surface area contributed by atoms with Crippen molar-refractivity contribution in [1.82, 2.24) is 9.88 Å². The third-order valence-electron chi connectivity index (χ3n) is 6.00. The Morgan fingerprint density at radius 3 is 2.65 bits per heavy atom. The number of rotatable bonds is 7. The minimum atomic E-state index is 0.128. The van der Waals surface area contributed by atoms with E-state index in [9.17, 15) is 0 Å². The Morgan fingerprint density at radius 1 is 1.03 bits per heavy atom. The molecule has 0 saturated heterocycles. The van der Waals surface area contributed by atoms with Gasteiger partial charge in [-0.2, -0.15) is 0 Å². The van der Waals surface area contributed by atoms with Gasteiger partial charge in [0.2, 0.25) is 0 Å². The highest BCUT2D eigenvalue weighted by Crippen LogP contribution is 2.39. The van der Waals surface area contributed by atoms with Gasteiger partial charge in [-0.3, -0.25) is 4.90 Å². The van der Waals surface area contributed by atoms with Crippen LogP contribution in [0.5, 0.6) is 5.75 Å². The van der Waals surface area contributed by atoms with E-state index in [1.807, 2.05) is 13.0 Å². The number of hydrogen-bond acceptors (Lipinski definition) is 4. The lowest BCUT2D eigenvalue weighted by molar-refractivity contribution is 0.153. The highest BCUT2D eigenvalue weighted by atomic mass is 16.5. The molecule has 5 nitrogen and oxygen atoms in total. The summed E-state index contributed by atoms with van der Waals surface area (Å²) in [5.74, 6) is 2.72. The van der Waals surface area contributed by atoms with Crippen molar-refractivity contribution in [3.8, 4) is 5.75 Å². The lowest BCUT2D eigenvalue weighted by Crippen LogP contribution is -2.35. The van der Waals surface area contributed by atoms with E-state index in [1.165, 1.54) is 27.7 Å². The summed E-state index contributed by atoms with van der Waals surface area (Å²) in [5.41, 5.74) is 5.15. The highest BCUT2D eigenvalue weighted by molar-refractivity contribution is 5.85. The van der Waals surface area contributed by atoms with Crippen molar-refractivity contribution < 1.29 is 13.9 Å². The molecule has 160 valence electrons. The zero-order valence-electron chi connectivity index (χ0n) is 18.1. The van der Waals surface area contributed by atoms with E-state index in [4.69, 9.17) is 13.9 Å². The first-order valence-electron chi connectivity index (χ1n) is 10.9. The zero-order chi connectivity index (χ0) is 21.2. The quantitative estimate of drug-likeness (QED) is 0.435. The smallest absolute Gasteiger partial charge is 0.129 e. The van der Waals surface area contributed by atoms with E-state index < -0.39 is 0 Å². The zero-order valence-corrected chi connectivity index (χ0v) is 18.1. The van der Waals surface area contributed by atoms with Gasteiger partial charge in [0.05, 0.1) is 19.2 Å². The summed E-state index contributed by atoms with van der Waals surface area (Å²) in [5, 5.41) is 1.33. The second-order valence-corrected chi connectivity index (χ2v) is 7.99. The summed E-state index contributed by atoms with van der Waals surface area (Å²) < 4.78 is 16.9. The average molecular weight is 417 g/mol. The molecular formula is C26H28N2O3. The number of methoxy groups -OCH3 is 1. The number of nitrogens with one attached hydrogen (secondary N) is 1. The number of nitrogens with zero attached hydrogens (tertiary/aromatic N) is 1. The molecule has 0 radical (unpaired) electrons. The third-order valence-corrected chi connectivity index (χ3v) is 6.00. The summed E-state index contributed by atoms with van der Waals surface area (Å²) in [6.07, 6.45) is 1.01. The van der Waals surface area contributed by atoms with Gasteiger partial charge in [0.1, 0.15) is 23.9 Å². The molecule has 3 heterocycles. The van der Waals surface area contributed by atoms with Crippen LogP contribution < -0.4 is 4.74 Å². The number of H-pyrrole nitrogens is 1. The van der Waals surface area contributed by atoms with Gasteiger partial charge < -0.3 is 18.9 Å². The van der Waals surface area contributed by atoms with Crippen LogP contribution in [0.25, 0.3) is 10.9 Å². The van der Waals surface area contributed by atoms with Crippen LogP contribution in [0, 0.1) is 0 Å². The summed E-state index contributed by atoms with van der Waals surface area (Å²) >= 11 is 0. The summed E-state index contributed by atoms with van der Waals surface area (Å²) in [4.78, 5) is 6.21. The standard InChI is InChI=1S/C26H28N2O3/c1-3-30-19-10-8-18(9-11-19)26-25-23(22-6-4-5-7-24(22)27-25)14-15-28(26)16-20-12-13-21(31-20)17-29-2/h4-13,26-27H,3,14-17H2,1-2H3. The van der Waals surface area contributed by atoms with E-state index in [2.05, 4.69) is 64.5 Å². The summed E-state index contributed by atoms with van der Waals surface area (Å²) in [6.45, 7) is 4.88. The van der Waals surface area contributed by atoms with Crippen LogP contribution in [-0.4, -0.2) is 30.1 Å². The molecule has 2 aromatic carbocycles. The first-order valence-corrected chi connectivity index (χ1v) is 10.9. The van der Waals surface area contributed by atoms with Crippen LogP contribution in [0.2, 0.25) is 0 Å². The molecule has 0 fully saturated rings. The Balaban J connectivity index is 1.53. The second kappa shape index (κ2) is 8.61. The highest BCUT2D eigenvalue weighted by Gasteiger charge is 2.32. The van der Waals surface area contributed by atoms with Gasteiger partial charge in [-0.1, -0.05) is 30.3 Å². The lowest BCUT2D eigenvalue weighted by Gasteiger charge is -2.35. The molecule has 1 atom stereocenters. The molecule has 5 heteroatoms. The van der Waals surface area contributed by atoms with E-state index in [0.717, 1.165) is 36.8 Å². The number of hydrogen-bond donors (Lipinski definition) is 1. The van der Waals surface area contributed by atoms with Crippen LogP contribution in [0.1, 0.15) is 41.3 Å². The maximum Gasteiger partial charge on any atom is 0.129 e. The molecule has 0 spiro atoms. The van der Waals surface area contributed by atoms with Gasteiger partial charge in [0.15, 0.2) is 0 Å². The Labute approximate surface area is 182 Å². The Kier molecular flexibility index (Phi) is 5.53. The summed E-state index contributed by atoms with van der Waals surface area (Å²) in [7, 11) is 1.69. The molecule has 1 N–H and O–H groups in total. The van der Waals surface area contributed by atoms with E-state index in [-0.39, 0.29) is 6.04 Å². The van der Waals surface area contributed by atoms with Crippen LogP contribution >= 0.6 is 0 Å². The van der Waals surface area contributed by atoms with Gasteiger partial charge in [0.25, 0.3) is 0 Å². The molecule has 5 rings (SSSR count). The number of furan rings is 1. The number of para-hydroxylation sites is 1. The monoisotopic (exact) mass is 416 g/mol. The van der Waals surface area contributed by atoms with Gasteiger partial charge >= 0.3 is 0 Å². The molecule has 4 aromatic rings. The van der Waals surface area contributed by atoms with Crippen molar-refractivity contribution in [3.63, 3.8) is 0 Å². The number of benzene rings is 2. The van der Waals surface area contributed by atoms with Crippen molar-refractivity contribution in [1.29, 1.82) is 0 Å². The predicted octanol–water partition coefficient (Wildman–Crippen LogP) is 5.45. The molecule has 1 unspecified atom stereocenters. The topological polar surface area (TPSA) is 50.6 Å². The van der Waals surface area contributed by atoms with Crippen LogP contribution in [0.15, 0.2) is 65.1 Å².